The molecule has 1 aliphatic heterocycles. The molecule has 0 aromatic heterocycles. The average molecular weight is 251 g/mol. The third kappa shape index (κ3) is 2.60. The zero-order chi connectivity index (χ0) is 13.0. The van der Waals surface area contributed by atoms with Gasteiger partial charge in [0, 0.05) is 18.7 Å². The van der Waals surface area contributed by atoms with Crippen LogP contribution in [0.15, 0.2) is 18.2 Å². The van der Waals surface area contributed by atoms with Crippen LogP contribution in [0.25, 0.3) is 0 Å². The van der Waals surface area contributed by atoms with Gasteiger partial charge < -0.3 is 14.6 Å². The zero-order valence-electron chi connectivity index (χ0n) is 11.1. The fraction of sp³-hybridized carbons (Fsp3) is 0.571. The normalized spacial score (nSPS) is 18.4. The van der Waals surface area contributed by atoms with E-state index in [1.54, 1.807) is 14.2 Å². The number of ether oxygens (including phenoxy) is 2. The number of rotatable bonds is 4. The molecule has 18 heavy (non-hydrogen) atoms. The Hall–Kier alpha value is -1.26. The smallest absolute Gasteiger partial charge is 0.167 e. The van der Waals surface area contributed by atoms with Crippen molar-refractivity contribution in [3.05, 3.63) is 23.8 Å². The summed E-state index contributed by atoms with van der Waals surface area (Å²) in [6.07, 6.45) is 2.92. The third-order valence-electron chi connectivity index (χ3n) is 3.45. The van der Waals surface area contributed by atoms with Gasteiger partial charge in [0.1, 0.15) is 6.23 Å². The second kappa shape index (κ2) is 6.07. The van der Waals surface area contributed by atoms with Gasteiger partial charge in [-0.15, -0.1) is 0 Å². The molecule has 100 valence electrons. The molecule has 1 unspecified atom stereocenters. The van der Waals surface area contributed by atoms with Crippen LogP contribution in [-0.4, -0.2) is 37.3 Å². The number of piperidine rings is 1. The van der Waals surface area contributed by atoms with Gasteiger partial charge in [-0.3, -0.25) is 4.90 Å². The molecule has 0 radical (unpaired) electrons. The van der Waals surface area contributed by atoms with Crippen LogP contribution in [0.1, 0.15) is 31.1 Å². The maximum absolute atomic E-state index is 10.5. The highest BCUT2D eigenvalue weighted by atomic mass is 16.5. The van der Waals surface area contributed by atoms with Gasteiger partial charge in [0.25, 0.3) is 0 Å². The van der Waals surface area contributed by atoms with Crippen molar-refractivity contribution in [2.45, 2.75) is 25.5 Å². The third-order valence-corrected chi connectivity index (χ3v) is 3.45. The van der Waals surface area contributed by atoms with Crippen molar-refractivity contribution in [2.75, 3.05) is 27.3 Å². The van der Waals surface area contributed by atoms with Crippen molar-refractivity contribution in [2.24, 2.45) is 0 Å². The number of para-hydroxylation sites is 1. The second-order valence-corrected chi connectivity index (χ2v) is 4.55. The molecule has 1 aromatic carbocycles. The quantitative estimate of drug-likeness (QED) is 0.890. The maximum Gasteiger partial charge on any atom is 0.167 e. The van der Waals surface area contributed by atoms with E-state index in [9.17, 15) is 5.11 Å². The van der Waals surface area contributed by atoms with E-state index in [0.29, 0.717) is 11.5 Å². The number of hydrogen-bond donors (Lipinski definition) is 1. The molecule has 1 aliphatic rings. The predicted octanol–water partition coefficient (Wildman–Crippen LogP) is 2.18. The molecule has 0 aliphatic carbocycles. The molecule has 1 fully saturated rings. The minimum atomic E-state index is -0.615. The number of nitrogens with zero attached hydrogens (tertiary/aromatic N) is 1. The van der Waals surface area contributed by atoms with E-state index < -0.39 is 6.23 Å². The van der Waals surface area contributed by atoms with Crippen molar-refractivity contribution in [1.82, 2.24) is 4.90 Å². The summed E-state index contributed by atoms with van der Waals surface area (Å²) in [6, 6.07) is 5.61. The molecule has 1 heterocycles. The molecule has 0 saturated carbocycles. The number of benzene rings is 1. The molecule has 0 amide bonds. The molecular weight excluding hydrogens is 230 g/mol. The first-order valence-electron chi connectivity index (χ1n) is 6.41. The van der Waals surface area contributed by atoms with Gasteiger partial charge in [-0.2, -0.15) is 0 Å². The number of aliphatic hydroxyl groups is 1. The lowest BCUT2D eigenvalue weighted by molar-refractivity contribution is -0.0115. The van der Waals surface area contributed by atoms with Gasteiger partial charge in [0.05, 0.1) is 14.2 Å². The highest BCUT2D eigenvalue weighted by Gasteiger charge is 2.24. The average Bonchev–Trinajstić information content (AvgIpc) is 2.46. The Bertz CT molecular complexity index is 389. The first-order valence-corrected chi connectivity index (χ1v) is 6.41. The summed E-state index contributed by atoms with van der Waals surface area (Å²) in [5, 5.41) is 10.5. The lowest BCUT2D eigenvalue weighted by Gasteiger charge is -2.32. The van der Waals surface area contributed by atoms with Crippen molar-refractivity contribution in [3.63, 3.8) is 0 Å². The molecular formula is C14H21NO3. The summed E-state index contributed by atoms with van der Waals surface area (Å²) in [5.74, 6) is 1.28. The Morgan fingerprint density at radius 2 is 1.83 bits per heavy atom. The van der Waals surface area contributed by atoms with Gasteiger partial charge in [0.15, 0.2) is 11.5 Å². The Balaban J connectivity index is 2.25. The van der Waals surface area contributed by atoms with Gasteiger partial charge in [0.2, 0.25) is 0 Å². The van der Waals surface area contributed by atoms with Crippen molar-refractivity contribution >= 4 is 0 Å². The van der Waals surface area contributed by atoms with E-state index in [1.165, 1.54) is 6.42 Å². The van der Waals surface area contributed by atoms with Crippen LogP contribution in [0.5, 0.6) is 11.5 Å². The van der Waals surface area contributed by atoms with Crippen LogP contribution in [0.4, 0.5) is 0 Å². The van der Waals surface area contributed by atoms with Crippen LogP contribution in [0.2, 0.25) is 0 Å². The van der Waals surface area contributed by atoms with Crippen molar-refractivity contribution in [1.29, 1.82) is 0 Å². The zero-order valence-corrected chi connectivity index (χ0v) is 11.1. The van der Waals surface area contributed by atoms with Crippen LogP contribution in [0, 0.1) is 0 Å². The Labute approximate surface area is 108 Å². The number of aliphatic hydroxyl groups excluding tert-OH is 1. The molecule has 0 spiro atoms. The molecule has 1 saturated heterocycles. The Morgan fingerprint density at radius 1 is 1.11 bits per heavy atom. The van der Waals surface area contributed by atoms with Crippen molar-refractivity contribution in [3.8, 4) is 11.5 Å². The molecule has 1 atom stereocenters. The fourth-order valence-electron chi connectivity index (χ4n) is 2.47. The van der Waals surface area contributed by atoms with Gasteiger partial charge >= 0.3 is 0 Å². The molecule has 4 heteroatoms. The number of likely N-dealkylation sites (tertiary alicyclic amines) is 1. The van der Waals surface area contributed by atoms with Crippen LogP contribution in [-0.2, 0) is 0 Å². The monoisotopic (exact) mass is 251 g/mol. The van der Waals surface area contributed by atoms with E-state index in [2.05, 4.69) is 4.90 Å². The maximum atomic E-state index is 10.5. The molecule has 1 N–H and O–H groups in total. The van der Waals surface area contributed by atoms with E-state index in [4.69, 9.17) is 9.47 Å². The van der Waals surface area contributed by atoms with Gasteiger partial charge in [-0.05, 0) is 18.9 Å². The van der Waals surface area contributed by atoms with E-state index >= 15 is 0 Å². The van der Waals surface area contributed by atoms with E-state index in [0.717, 1.165) is 31.5 Å². The first-order chi connectivity index (χ1) is 8.77. The Kier molecular flexibility index (Phi) is 4.44. The summed E-state index contributed by atoms with van der Waals surface area (Å²) in [5.41, 5.74) is 0.777. The summed E-state index contributed by atoms with van der Waals surface area (Å²) >= 11 is 0. The minimum Gasteiger partial charge on any atom is -0.493 e. The fourth-order valence-corrected chi connectivity index (χ4v) is 2.47. The van der Waals surface area contributed by atoms with E-state index in [1.807, 2.05) is 18.2 Å². The standard InChI is InChI=1S/C14H21NO3/c1-17-12-8-6-7-11(13(12)18-2)14(16)15-9-4-3-5-10-15/h6-8,14,16H,3-5,9-10H2,1-2H3. The highest BCUT2D eigenvalue weighted by molar-refractivity contribution is 5.47. The topological polar surface area (TPSA) is 41.9 Å². The summed E-state index contributed by atoms with van der Waals surface area (Å²) in [6.45, 7) is 1.86. The lowest BCUT2D eigenvalue weighted by Crippen LogP contribution is -2.33. The van der Waals surface area contributed by atoms with Crippen LogP contribution < -0.4 is 9.47 Å². The molecule has 4 nitrogen and oxygen atoms in total. The van der Waals surface area contributed by atoms with Crippen LogP contribution in [0.3, 0.4) is 0 Å². The molecule has 2 rings (SSSR count). The summed E-state index contributed by atoms with van der Waals surface area (Å²) < 4.78 is 10.6. The van der Waals surface area contributed by atoms with Gasteiger partial charge in [-0.1, -0.05) is 18.6 Å². The van der Waals surface area contributed by atoms with Crippen molar-refractivity contribution < 1.29 is 14.6 Å². The first kappa shape index (κ1) is 13.2. The largest absolute Gasteiger partial charge is 0.493 e. The summed E-state index contributed by atoms with van der Waals surface area (Å²) in [4.78, 5) is 2.08. The highest BCUT2D eigenvalue weighted by Crippen LogP contribution is 2.36. The Morgan fingerprint density at radius 3 is 2.44 bits per heavy atom. The van der Waals surface area contributed by atoms with E-state index in [-0.39, 0.29) is 0 Å². The second-order valence-electron chi connectivity index (χ2n) is 4.55. The minimum absolute atomic E-state index is 0.615. The number of hydrogen-bond acceptors (Lipinski definition) is 4. The predicted molar refractivity (Wildman–Crippen MR) is 69.9 cm³/mol. The molecule has 1 aromatic rings. The number of methoxy groups -OCH3 is 2. The lowest BCUT2D eigenvalue weighted by atomic mass is 10.1. The summed E-state index contributed by atoms with van der Waals surface area (Å²) in [7, 11) is 3.21. The van der Waals surface area contributed by atoms with Crippen LogP contribution >= 0.6 is 0 Å². The van der Waals surface area contributed by atoms with Gasteiger partial charge in [-0.25, -0.2) is 0 Å². The SMILES string of the molecule is COc1cccc(C(O)N2CCCCC2)c1OC. The molecule has 0 bridgehead atoms.